The van der Waals surface area contributed by atoms with Crippen LogP contribution >= 0.6 is 0 Å². The second-order valence-electron chi connectivity index (χ2n) is 7.69. The van der Waals surface area contributed by atoms with Gasteiger partial charge in [-0.3, -0.25) is 9.10 Å². The van der Waals surface area contributed by atoms with Crippen molar-refractivity contribution in [3.63, 3.8) is 0 Å². The van der Waals surface area contributed by atoms with Gasteiger partial charge in [0.15, 0.2) is 0 Å². The van der Waals surface area contributed by atoms with Crippen LogP contribution in [0.25, 0.3) is 0 Å². The molecule has 1 fully saturated rings. The zero-order chi connectivity index (χ0) is 21.9. The Morgan fingerprint density at radius 3 is 2.33 bits per heavy atom. The molecule has 30 heavy (non-hydrogen) atoms. The van der Waals surface area contributed by atoms with Gasteiger partial charge in [0.05, 0.1) is 12.8 Å². The summed E-state index contributed by atoms with van der Waals surface area (Å²) in [4.78, 5) is 17.0. The van der Waals surface area contributed by atoms with Crippen LogP contribution in [0.1, 0.15) is 11.1 Å². The Kier molecular flexibility index (Phi) is 6.67. The van der Waals surface area contributed by atoms with Crippen LogP contribution in [0.15, 0.2) is 47.4 Å². The number of rotatable bonds is 6. The summed E-state index contributed by atoms with van der Waals surface area (Å²) < 4.78 is 33.9. The molecule has 0 aromatic heterocycles. The van der Waals surface area contributed by atoms with Crippen molar-refractivity contribution in [2.75, 3.05) is 51.2 Å². The lowest BCUT2D eigenvalue weighted by atomic mass is 10.2. The van der Waals surface area contributed by atoms with Crippen molar-refractivity contribution in [2.45, 2.75) is 18.7 Å². The number of amides is 1. The van der Waals surface area contributed by atoms with E-state index in [-0.39, 0.29) is 23.1 Å². The van der Waals surface area contributed by atoms with Crippen LogP contribution in [0.3, 0.4) is 0 Å². The zero-order valence-electron chi connectivity index (χ0n) is 18.0. The quantitative estimate of drug-likeness (QED) is 0.702. The maximum atomic E-state index is 13.7. The summed E-state index contributed by atoms with van der Waals surface area (Å²) in [5.74, 6) is 0.0464. The number of piperazine rings is 1. The van der Waals surface area contributed by atoms with E-state index in [0.29, 0.717) is 18.8 Å². The number of carbonyl (C=O) groups excluding carboxylic acids is 1. The molecule has 0 atom stereocenters. The van der Waals surface area contributed by atoms with Crippen molar-refractivity contribution in [3.8, 4) is 5.75 Å². The summed E-state index contributed by atoms with van der Waals surface area (Å²) in [6.45, 7) is 6.18. The average molecular weight is 432 g/mol. The molecule has 0 unspecified atom stereocenters. The smallest absolute Gasteiger partial charge is 0.268 e. The Labute approximate surface area is 178 Å². The standard InChI is InChI=1S/C22H29N3O4S/c1-17-6-5-7-19(14-17)25(16-22(26)24-12-10-23(3)11-13-24)30(27,28)21-15-18(2)8-9-20(21)29-4/h5-9,14-15H,10-13,16H2,1-4H3. The number of aryl methyl sites for hydroxylation is 2. The van der Waals surface area contributed by atoms with Crippen LogP contribution in [-0.4, -0.2) is 71.0 Å². The molecule has 2 aromatic carbocycles. The Morgan fingerprint density at radius 1 is 1.03 bits per heavy atom. The number of anilines is 1. The van der Waals surface area contributed by atoms with E-state index in [0.717, 1.165) is 24.2 Å². The van der Waals surface area contributed by atoms with Gasteiger partial charge >= 0.3 is 0 Å². The van der Waals surface area contributed by atoms with Gasteiger partial charge in [-0.15, -0.1) is 0 Å². The molecular weight excluding hydrogens is 402 g/mol. The van der Waals surface area contributed by atoms with Gasteiger partial charge in [0.1, 0.15) is 17.2 Å². The number of ether oxygens (including phenoxy) is 1. The molecule has 7 nitrogen and oxygen atoms in total. The maximum absolute atomic E-state index is 13.7. The van der Waals surface area contributed by atoms with E-state index in [1.54, 1.807) is 41.3 Å². The van der Waals surface area contributed by atoms with E-state index < -0.39 is 10.0 Å². The second-order valence-corrected chi connectivity index (χ2v) is 9.52. The van der Waals surface area contributed by atoms with Gasteiger partial charge in [-0.2, -0.15) is 0 Å². The van der Waals surface area contributed by atoms with E-state index in [1.165, 1.54) is 11.4 Å². The molecule has 0 bridgehead atoms. The summed E-state index contributed by atoms with van der Waals surface area (Å²) in [6.07, 6.45) is 0. The van der Waals surface area contributed by atoms with Gasteiger partial charge in [-0.1, -0.05) is 18.2 Å². The highest BCUT2D eigenvalue weighted by atomic mass is 32.2. The van der Waals surface area contributed by atoms with Crippen molar-refractivity contribution in [1.82, 2.24) is 9.80 Å². The number of nitrogens with zero attached hydrogens (tertiary/aromatic N) is 3. The van der Waals surface area contributed by atoms with Crippen molar-refractivity contribution >= 4 is 21.6 Å². The molecule has 0 radical (unpaired) electrons. The van der Waals surface area contributed by atoms with E-state index in [2.05, 4.69) is 4.90 Å². The SMILES string of the molecule is COc1ccc(C)cc1S(=O)(=O)N(CC(=O)N1CCN(C)CC1)c1cccc(C)c1. The first kappa shape index (κ1) is 22.1. The molecule has 1 saturated heterocycles. The van der Waals surface area contributed by atoms with Crippen LogP contribution in [0.2, 0.25) is 0 Å². The van der Waals surface area contributed by atoms with Crippen molar-refractivity contribution in [3.05, 3.63) is 53.6 Å². The molecule has 2 aromatic rings. The van der Waals surface area contributed by atoms with Crippen LogP contribution in [0.5, 0.6) is 5.75 Å². The lowest BCUT2D eigenvalue weighted by Crippen LogP contribution is -2.50. The fourth-order valence-corrected chi connectivity index (χ4v) is 5.13. The molecule has 1 aliphatic heterocycles. The minimum atomic E-state index is -4.03. The molecule has 1 amide bonds. The average Bonchev–Trinajstić information content (AvgIpc) is 2.72. The van der Waals surface area contributed by atoms with Gasteiger partial charge < -0.3 is 14.5 Å². The van der Waals surface area contributed by atoms with Crippen LogP contribution < -0.4 is 9.04 Å². The zero-order valence-corrected chi connectivity index (χ0v) is 18.8. The number of methoxy groups -OCH3 is 1. The summed E-state index contributed by atoms with van der Waals surface area (Å²) in [6, 6.07) is 12.2. The Bertz CT molecular complexity index is 1010. The number of sulfonamides is 1. The number of carbonyl (C=O) groups is 1. The molecule has 0 N–H and O–H groups in total. The summed E-state index contributed by atoms with van der Waals surface area (Å²) in [7, 11) is -0.580. The highest BCUT2D eigenvalue weighted by Gasteiger charge is 2.32. The lowest BCUT2D eigenvalue weighted by molar-refractivity contribution is -0.131. The molecular formula is C22H29N3O4S. The molecule has 0 spiro atoms. The normalized spacial score (nSPS) is 15.1. The highest BCUT2D eigenvalue weighted by molar-refractivity contribution is 7.93. The molecule has 0 saturated carbocycles. The van der Waals surface area contributed by atoms with Crippen LogP contribution in [-0.2, 0) is 14.8 Å². The Morgan fingerprint density at radius 2 is 1.70 bits per heavy atom. The van der Waals surface area contributed by atoms with Crippen molar-refractivity contribution in [1.29, 1.82) is 0 Å². The minimum Gasteiger partial charge on any atom is -0.495 e. The fourth-order valence-electron chi connectivity index (χ4n) is 3.48. The molecule has 3 rings (SSSR count). The van der Waals surface area contributed by atoms with E-state index >= 15 is 0 Å². The summed E-state index contributed by atoms with van der Waals surface area (Å²) in [5, 5.41) is 0. The van der Waals surface area contributed by atoms with Gasteiger partial charge in [-0.25, -0.2) is 8.42 Å². The molecule has 8 heteroatoms. The first-order valence-corrected chi connectivity index (χ1v) is 11.4. The minimum absolute atomic E-state index is 0.0534. The molecule has 162 valence electrons. The Balaban J connectivity index is 2.01. The first-order chi connectivity index (χ1) is 14.2. The van der Waals surface area contributed by atoms with Gasteiger partial charge in [0.25, 0.3) is 10.0 Å². The van der Waals surface area contributed by atoms with E-state index in [4.69, 9.17) is 4.74 Å². The number of benzene rings is 2. The molecule has 0 aliphatic carbocycles. The predicted octanol–water partition coefficient (Wildman–Crippen LogP) is 2.28. The van der Waals surface area contributed by atoms with Gasteiger partial charge in [0, 0.05) is 26.2 Å². The summed E-state index contributed by atoms with van der Waals surface area (Å²) in [5.41, 5.74) is 2.17. The fraction of sp³-hybridized carbons (Fsp3) is 0.409. The third-order valence-electron chi connectivity index (χ3n) is 5.31. The van der Waals surface area contributed by atoms with Crippen LogP contribution in [0.4, 0.5) is 5.69 Å². The monoisotopic (exact) mass is 431 g/mol. The van der Waals surface area contributed by atoms with E-state index in [9.17, 15) is 13.2 Å². The van der Waals surface area contributed by atoms with E-state index in [1.807, 2.05) is 27.0 Å². The first-order valence-electron chi connectivity index (χ1n) is 9.93. The molecule has 1 aliphatic rings. The van der Waals surface area contributed by atoms with Crippen LogP contribution in [0, 0.1) is 13.8 Å². The van der Waals surface area contributed by atoms with Crippen molar-refractivity contribution in [2.24, 2.45) is 0 Å². The number of likely N-dealkylation sites (N-methyl/N-ethyl adjacent to an activating group) is 1. The predicted molar refractivity (Wildman–Crippen MR) is 118 cm³/mol. The third-order valence-corrected chi connectivity index (χ3v) is 7.11. The van der Waals surface area contributed by atoms with Crippen molar-refractivity contribution < 1.29 is 17.9 Å². The Hall–Kier alpha value is -2.58. The number of hydrogen-bond acceptors (Lipinski definition) is 5. The number of hydrogen-bond donors (Lipinski definition) is 0. The lowest BCUT2D eigenvalue weighted by Gasteiger charge is -2.34. The van der Waals surface area contributed by atoms with Gasteiger partial charge in [-0.05, 0) is 56.3 Å². The third kappa shape index (κ3) is 4.76. The maximum Gasteiger partial charge on any atom is 0.268 e. The topological polar surface area (TPSA) is 70.2 Å². The highest BCUT2D eigenvalue weighted by Crippen LogP contribution is 2.31. The second kappa shape index (κ2) is 9.06. The summed E-state index contributed by atoms with van der Waals surface area (Å²) >= 11 is 0. The largest absolute Gasteiger partial charge is 0.495 e. The molecule has 1 heterocycles. The van der Waals surface area contributed by atoms with Gasteiger partial charge in [0.2, 0.25) is 5.91 Å².